The maximum Gasteiger partial charge on any atom is 0.254 e. The van der Waals surface area contributed by atoms with Crippen molar-refractivity contribution < 1.29 is 9.59 Å². The van der Waals surface area contributed by atoms with Crippen LogP contribution in [0.4, 0.5) is 0 Å². The molecule has 2 N–H and O–H groups in total. The van der Waals surface area contributed by atoms with Crippen molar-refractivity contribution in [2.45, 2.75) is 45.2 Å². The molecule has 1 aliphatic heterocycles. The number of rotatable bonds is 6. The van der Waals surface area contributed by atoms with Crippen LogP contribution in [0.15, 0.2) is 12.4 Å². The van der Waals surface area contributed by atoms with Gasteiger partial charge in [0.2, 0.25) is 5.91 Å². The van der Waals surface area contributed by atoms with Crippen LogP contribution < -0.4 is 10.6 Å². The molecule has 23 heavy (non-hydrogen) atoms. The van der Waals surface area contributed by atoms with Gasteiger partial charge in [-0.25, -0.2) is 0 Å². The summed E-state index contributed by atoms with van der Waals surface area (Å²) in [6, 6.07) is 0.0429. The lowest BCUT2D eigenvalue weighted by Gasteiger charge is -2.35. The van der Waals surface area contributed by atoms with Crippen LogP contribution >= 0.6 is 0 Å². The molecular formula is C16H27N5O2. The second-order valence-corrected chi connectivity index (χ2v) is 6.15. The summed E-state index contributed by atoms with van der Waals surface area (Å²) in [7, 11) is 1.79. The zero-order chi connectivity index (χ0) is 16.8. The van der Waals surface area contributed by atoms with Crippen LogP contribution in [-0.4, -0.2) is 58.2 Å². The highest BCUT2D eigenvalue weighted by Gasteiger charge is 2.27. The third-order valence-corrected chi connectivity index (χ3v) is 4.31. The molecule has 0 bridgehead atoms. The molecule has 7 heteroatoms. The summed E-state index contributed by atoms with van der Waals surface area (Å²) in [5.74, 6) is 0.00924. The van der Waals surface area contributed by atoms with Gasteiger partial charge < -0.3 is 10.6 Å². The highest BCUT2D eigenvalue weighted by molar-refractivity contribution is 5.93. The number of hydrogen-bond donors (Lipinski definition) is 2. The van der Waals surface area contributed by atoms with E-state index in [-0.39, 0.29) is 23.9 Å². The van der Waals surface area contributed by atoms with Gasteiger partial charge in [-0.2, -0.15) is 5.10 Å². The fourth-order valence-electron chi connectivity index (χ4n) is 2.80. The maximum atomic E-state index is 12.1. The maximum absolute atomic E-state index is 12.1. The second kappa shape index (κ2) is 8.10. The number of aromatic nitrogens is 2. The summed E-state index contributed by atoms with van der Waals surface area (Å²) < 4.78 is 1.62. The highest BCUT2D eigenvalue weighted by Crippen LogP contribution is 2.14. The van der Waals surface area contributed by atoms with Crippen LogP contribution in [0.25, 0.3) is 0 Å². The topological polar surface area (TPSA) is 79.3 Å². The van der Waals surface area contributed by atoms with Gasteiger partial charge in [0.25, 0.3) is 5.91 Å². The van der Waals surface area contributed by atoms with Gasteiger partial charge in [-0.3, -0.25) is 19.2 Å². The number of piperidine rings is 1. The molecule has 0 saturated carbocycles. The first-order chi connectivity index (χ1) is 11.0. The van der Waals surface area contributed by atoms with E-state index in [0.717, 1.165) is 38.9 Å². The number of carbonyl (C=O) groups excluding carboxylic acids is 2. The lowest BCUT2D eigenvalue weighted by Crippen LogP contribution is -2.51. The van der Waals surface area contributed by atoms with Gasteiger partial charge in [-0.05, 0) is 26.2 Å². The minimum absolute atomic E-state index is 0.0784. The van der Waals surface area contributed by atoms with E-state index in [0.29, 0.717) is 5.56 Å². The Morgan fingerprint density at radius 1 is 1.39 bits per heavy atom. The van der Waals surface area contributed by atoms with E-state index in [1.165, 1.54) is 0 Å². The molecule has 0 radical (unpaired) electrons. The Balaban J connectivity index is 1.77. The smallest absolute Gasteiger partial charge is 0.254 e. The van der Waals surface area contributed by atoms with Gasteiger partial charge in [0.05, 0.1) is 17.8 Å². The fraction of sp³-hybridized carbons (Fsp3) is 0.688. The van der Waals surface area contributed by atoms with E-state index in [4.69, 9.17) is 0 Å². The fourth-order valence-corrected chi connectivity index (χ4v) is 2.80. The van der Waals surface area contributed by atoms with E-state index in [9.17, 15) is 9.59 Å². The molecule has 0 aromatic carbocycles. The van der Waals surface area contributed by atoms with Gasteiger partial charge >= 0.3 is 0 Å². The zero-order valence-corrected chi connectivity index (χ0v) is 14.2. The number of likely N-dealkylation sites (tertiary alicyclic amines) is 1. The Hall–Kier alpha value is -1.89. The SMILES string of the molecule is CCCNC(=O)C(C)N1CCC(NC(=O)c2cnn(C)c2)CC1. The van der Waals surface area contributed by atoms with Crippen molar-refractivity contribution in [1.82, 2.24) is 25.3 Å². The van der Waals surface area contributed by atoms with E-state index in [1.54, 1.807) is 24.1 Å². The average molecular weight is 321 g/mol. The number of hydrogen-bond acceptors (Lipinski definition) is 4. The number of carbonyl (C=O) groups is 2. The quantitative estimate of drug-likeness (QED) is 0.801. The lowest BCUT2D eigenvalue weighted by molar-refractivity contribution is -0.126. The van der Waals surface area contributed by atoms with Crippen LogP contribution in [0.3, 0.4) is 0 Å². The zero-order valence-electron chi connectivity index (χ0n) is 14.2. The van der Waals surface area contributed by atoms with Crippen molar-refractivity contribution >= 4 is 11.8 Å². The number of amides is 2. The van der Waals surface area contributed by atoms with E-state index < -0.39 is 0 Å². The summed E-state index contributed by atoms with van der Waals surface area (Å²) in [4.78, 5) is 26.3. The molecule has 2 rings (SSSR count). The average Bonchev–Trinajstić information content (AvgIpc) is 2.99. The van der Waals surface area contributed by atoms with Gasteiger partial charge in [-0.15, -0.1) is 0 Å². The molecule has 0 aliphatic carbocycles. The standard InChI is InChI=1S/C16H27N5O2/c1-4-7-17-15(22)12(2)21-8-5-14(6-9-21)19-16(23)13-10-18-20(3)11-13/h10-12,14H,4-9H2,1-3H3,(H,17,22)(H,19,23). The largest absolute Gasteiger partial charge is 0.355 e. The van der Waals surface area contributed by atoms with Crippen molar-refractivity contribution in [3.8, 4) is 0 Å². The second-order valence-electron chi connectivity index (χ2n) is 6.15. The molecule has 128 valence electrons. The minimum atomic E-state index is -0.114. The Kier molecular flexibility index (Phi) is 6.15. The third-order valence-electron chi connectivity index (χ3n) is 4.31. The van der Waals surface area contributed by atoms with Crippen molar-refractivity contribution in [2.75, 3.05) is 19.6 Å². The third kappa shape index (κ3) is 4.79. The summed E-state index contributed by atoms with van der Waals surface area (Å²) in [5, 5.41) is 10.0. The van der Waals surface area contributed by atoms with Crippen molar-refractivity contribution in [1.29, 1.82) is 0 Å². The van der Waals surface area contributed by atoms with Gasteiger partial charge in [0.1, 0.15) is 0 Å². The molecule has 2 amide bonds. The molecular weight excluding hydrogens is 294 g/mol. The molecule has 1 unspecified atom stereocenters. The number of nitrogens with one attached hydrogen (secondary N) is 2. The normalized spacial score (nSPS) is 17.7. The highest BCUT2D eigenvalue weighted by atomic mass is 16.2. The number of nitrogens with zero attached hydrogens (tertiary/aromatic N) is 3. The summed E-state index contributed by atoms with van der Waals surface area (Å²) in [6.45, 7) is 6.35. The predicted octanol–water partition coefficient (Wildman–Crippen LogP) is 0.529. The predicted molar refractivity (Wildman–Crippen MR) is 88.0 cm³/mol. The Bertz CT molecular complexity index is 534. The van der Waals surface area contributed by atoms with Crippen LogP contribution in [0.5, 0.6) is 0 Å². The van der Waals surface area contributed by atoms with Crippen LogP contribution in [0, 0.1) is 0 Å². The molecule has 1 aliphatic rings. The first-order valence-corrected chi connectivity index (χ1v) is 8.32. The van der Waals surface area contributed by atoms with Crippen LogP contribution in [0.1, 0.15) is 43.5 Å². The van der Waals surface area contributed by atoms with Crippen molar-refractivity contribution in [3.05, 3.63) is 18.0 Å². The molecule has 7 nitrogen and oxygen atoms in total. The Morgan fingerprint density at radius 3 is 2.65 bits per heavy atom. The number of aryl methyl sites for hydroxylation is 1. The summed E-state index contributed by atoms with van der Waals surface area (Å²) in [5.41, 5.74) is 0.585. The summed E-state index contributed by atoms with van der Waals surface area (Å²) in [6.07, 6.45) is 5.95. The summed E-state index contributed by atoms with van der Waals surface area (Å²) >= 11 is 0. The van der Waals surface area contributed by atoms with Crippen molar-refractivity contribution in [3.63, 3.8) is 0 Å². The molecule has 2 heterocycles. The Labute approximate surface area is 137 Å². The molecule has 1 fully saturated rings. The van der Waals surface area contributed by atoms with E-state index in [1.807, 2.05) is 13.8 Å². The Morgan fingerprint density at radius 2 is 2.09 bits per heavy atom. The lowest BCUT2D eigenvalue weighted by atomic mass is 10.0. The van der Waals surface area contributed by atoms with Gasteiger partial charge in [0, 0.05) is 38.9 Å². The molecule has 0 spiro atoms. The van der Waals surface area contributed by atoms with Crippen LogP contribution in [-0.2, 0) is 11.8 Å². The molecule has 1 aromatic heterocycles. The van der Waals surface area contributed by atoms with Crippen molar-refractivity contribution in [2.24, 2.45) is 7.05 Å². The first-order valence-electron chi connectivity index (χ1n) is 8.32. The van der Waals surface area contributed by atoms with E-state index in [2.05, 4.69) is 20.6 Å². The molecule has 1 saturated heterocycles. The van der Waals surface area contributed by atoms with Gasteiger partial charge in [0.15, 0.2) is 0 Å². The first kappa shape index (κ1) is 17.5. The molecule has 1 aromatic rings. The van der Waals surface area contributed by atoms with E-state index >= 15 is 0 Å². The monoisotopic (exact) mass is 321 g/mol. The van der Waals surface area contributed by atoms with Gasteiger partial charge in [-0.1, -0.05) is 6.92 Å². The molecule has 1 atom stereocenters. The van der Waals surface area contributed by atoms with Crippen LogP contribution in [0.2, 0.25) is 0 Å². The minimum Gasteiger partial charge on any atom is -0.355 e.